The smallest absolute Gasteiger partial charge is 0.244 e. The second-order valence-electron chi connectivity index (χ2n) is 2.43. The van der Waals surface area contributed by atoms with Gasteiger partial charge in [0.25, 0.3) is 0 Å². The van der Waals surface area contributed by atoms with Crippen LogP contribution in [-0.2, 0) is 0 Å². The summed E-state index contributed by atoms with van der Waals surface area (Å²) in [6, 6.07) is 0. The van der Waals surface area contributed by atoms with E-state index in [2.05, 4.69) is 15.0 Å². The maximum atomic E-state index is 4.36. The van der Waals surface area contributed by atoms with Crippen molar-refractivity contribution >= 4 is 28.6 Å². The quantitative estimate of drug-likeness (QED) is 0.613. The first kappa shape index (κ1) is 7.16. The largest absolute Gasteiger partial charge is 0.252 e. The third-order valence-electron chi connectivity index (χ3n) is 1.62. The highest BCUT2D eigenvalue weighted by atomic mass is 32.1. The fourth-order valence-corrected chi connectivity index (χ4v) is 2.56. The van der Waals surface area contributed by atoms with Crippen LogP contribution < -0.4 is 0 Å². The summed E-state index contributed by atoms with van der Waals surface area (Å²) in [6.45, 7) is 0. The zero-order chi connectivity index (χ0) is 8.67. The van der Waals surface area contributed by atoms with Gasteiger partial charge >= 0.3 is 0 Å². The number of rotatable bonds is 1. The van der Waals surface area contributed by atoms with Crippen molar-refractivity contribution in [3.8, 4) is 9.88 Å². The lowest BCUT2D eigenvalue weighted by Gasteiger charge is -1.81. The molecule has 4 nitrogen and oxygen atoms in total. The van der Waals surface area contributed by atoms with Gasteiger partial charge < -0.3 is 0 Å². The Morgan fingerprint density at radius 3 is 3.15 bits per heavy atom. The molecule has 0 aliphatic heterocycles. The molecule has 0 amide bonds. The maximum Gasteiger partial charge on any atom is 0.244 e. The lowest BCUT2D eigenvalue weighted by atomic mass is 10.6. The van der Waals surface area contributed by atoms with E-state index in [-0.39, 0.29) is 0 Å². The van der Waals surface area contributed by atoms with Gasteiger partial charge in [0.2, 0.25) is 5.78 Å². The molecule has 0 atom stereocenters. The number of hydrogen-bond acceptors (Lipinski definition) is 5. The molecule has 0 fully saturated rings. The van der Waals surface area contributed by atoms with E-state index in [9.17, 15) is 0 Å². The zero-order valence-electron chi connectivity index (χ0n) is 6.41. The standard InChI is InChI=1S/C7H4N4S2/c1-2-11-7(9-1)10-6(13-11)5-3-8-4-12-5/h1-4H. The molecule has 3 aromatic rings. The van der Waals surface area contributed by atoms with Crippen molar-refractivity contribution in [2.45, 2.75) is 0 Å². The zero-order valence-corrected chi connectivity index (χ0v) is 8.05. The average Bonchev–Trinajstić information content (AvgIpc) is 2.78. The molecule has 0 saturated heterocycles. The molecule has 3 rings (SSSR count). The molecule has 3 heterocycles. The predicted octanol–water partition coefficient (Wildman–Crippen LogP) is 1.91. The van der Waals surface area contributed by atoms with Crippen molar-refractivity contribution in [1.82, 2.24) is 18.7 Å². The summed E-state index contributed by atoms with van der Waals surface area (Å²) in [5.74, 6) is 0.758. The number of nitrogens with zero attached hydrogens (tertiary/aromatic N) is 4. The molecule has 0 radical (unpaired) electrons. The predicted molar refractivity (Wildman–Crippen MR) is 52.0 cm³/mol. The average molecular weight is 208 g/mol. The SMILES string of the molecule is c1cn2sc(-c3cncs3)nc2n1. The van der Waals surface area contributed by atoms with Crippen molar-refractivity contribution in [1.29, 1.82) is 0 Å². The Hall–Kier alpha value is -1.27. The number of imidazole rings is 1. The summed E-state index contributed by atoms with van der Waals surface area (Å²) in [7, 11) is 0. The van der Waals surface area contributed by atoms with Gasteiger partial charge in [-0.05, 0) is 11.5 Å². The normalized spacial score (nSPS) is 11.1. The van der Waals surface area contributed by atoms with Gasteiger partial charge in [-0.2, -0.15) is 4.98 Å². The number of fused-ring (bicyclic) bond motifs is 1. The van der Waals surface area contributed by atoms with E-state index < -0.39 is 0 Å². The van der Waals surface area contributed by atoms with Crippen LogP contribution in [0.4, 0.5) is 0 Å². The minimum atomic E-state index is 0.758. The minimum Gasteiger partial charge on any atom is -0.252 e. The summed E-state index contributed by atoms with van der Waals surface area (Å²) in [4.78, 5) is 13.6. The summed E-state index contributed by atoms with van der Waals surface area (Å²) < 4.78 is 1.94. The van der Waals surface area contributed by atoms with Crippen LogP contribution in [0.1, 0.15) is 0 Å². The molecule has 6 heteroatoms. The second-order valence-corrected chi connectivity index (χ2v) is 4.28. The van der Waals surface area contributed by atoms with Gasteiger partial charge in [-0.15, -0.1) is 11.3 Å². The second kappa shape index (κ2) is 2.61. The Kier molecular flexibility index (Phi) is 1.44. The van der Waals surface area contributed by atoms with E-state index in [1.54, 1.807) is 34.6 Å². The lowest BCUT2D eigenvalue weighted by molar-refractivity contribution is 1.27. The van der Waals surface area contributed by atoms with Crippen LogP contribution in [0.25, 0.3) is 15.7 Å². The fraction of sp³-hybridized carbons (Fsp3) is 0. The Labute approximate surface area is 81.7 Å². The molecule has 0 unspecified atom stereocenters. The Morgan fingerprint density at radius 1 is 1.38 bits per heavy atom. The summed E-state index contributed by atoms with van der Waals surface area (Å²) in [6.07, 6.45) is 5.47. The molecular weight excluding hydrogens is 204 g/mol. The van der Waals surface area contributed by atoms with E-state index in [0.717, 1.165) is 15.7 Å². The van der Waals surface area contributed by atoms with E-state index in [1.807, 2.05) is 16.2 Å². The van der Waals surface area contributed by atoms with Crippen molar-refractivity contribution < 1.29 is 0 Å². The van der Waals surface area contributed by atoms with Gasteiger partial charge in [0, 0.05) is 18.6 Å². The summed E-state index contributed by atoms with van der Waals surface area (Å²) in [5, 5.41) is 0.977. The number of thiazole rings is 1. The highest BCUT2D eigenvalue weighted by Crippen LogP contribution is 2.26. The van der Waals surface area contributed by atoms with Gasteiger partial charge in [-0.25, -0.2) is 8.77 Å². The van der Waals surface area contributed by atoms with E-state index >= 15 is 0 Å². The number of aromatic nitrogens is 4. The first-order chi connectivity index (χ1) is 6.43. The van der Waals surface area contributed by atoms with Crippen LogP contribution in [0.5, 0.6) is 0 Å². The van der Waals surface area contributed by atoms with Crippen molar-refractivity contribution in [3.63, 3.8) is 0 Å². The van der Waals surface area contributed by atoms with Gasteiger partial charge in [-0.3, -0.25) is 4.98 Å². The van der Waals surface area contributed by atoms with Crippen LogP contribution in [-0.4, -0.2) is 18.7 Å². The fourth-order valence-electron chi connectivity index (χ4n) is 1.06. The Bertz CT molecular complexity index is 493. The van der Waals surface area contributed by atoms with Gasteiger partial charge in [0.05, 0.1) is 10.4 Å². The Balaban J connectivity index is 2.23. The monoisotopic (exact) mass is 208 g/mol. The van der Waals surface area contributed by atoms with Crippen LogP contribution in [0, 0.1) is 0 Å². The molecular formula is C7H4N4S2. The summed E-state index contributed by atoms with van der Waals surface area (Å²) in [5.41, 5.74) is 1.81. The molecule has 64 valence electrons. The molecule has 0 spiro atoms. The van der Waals surface area contributed by atoms with Gasteiger partial charge in [0.1, 0.15) is 0 Å². The molecule has 0 N–H and O–H groups in total. The van der Waals surface area contributed by atoms with Crippen molar-refractivity contribution in [3.05, 3.63) is 24.1 Å². The highest BCUT2D eigenvalue weighted by molar-refractivity contribution is 7.18. The van der Waals surface area contributed by atoms with Gasteiger partial charge in [0.15, 0.2) is 5.01 Å². The molecule has 0 aromatic carbocycles. The van der Waals surface area contributed by atoms with E-state index in [4.69, 9.17) is 0 Å². The van der Waals surface area contributed by atoms with Crippen molar-refractivity contribution in [2.75, 3.05) is 0 Å². The van der Waals surface area contributed by atoms with Crippen LogP contribution >= 0.6 is 22.9 Å². The third kappa shape index (κ3) is 1.06. The van der Waals surface area contributed by atoms with Gasteiger partial charge in [-0.1, -0.05) is 0 Å². The minimum absolute atomic E-state index is 0.758. The Morgan fingerprint density at radius 2 is 2.38 bits per heavy atom. The van der Waals surface area contributed by atoms with Crippen LogP contribution in [0.3, 0.4) is 0 Å². The van der Waals surface area contributed by atoms with E-state index in [1.165, 1.54) is 0 Å². The van der Waals surface area contributed by atoms with E-state index in [0.29, 0.717) is 0 Å². The van der Waals surface area contributed by atoms with Crippen LogP contribution in [0.15, 0.2) is 24.1 Å². The molecule has 3 aromatic heterocycles. The first-order valence-electron chi connectivity index (χ1n) is 3.63. The topological polar surface area (TPSA) is 43.1 Å². The first-order valence-corrected chi connectivity index (χ1v) is 5.28. The molecule has 0 saturated carbocycles. The summed E-state index contributed by atoms with van der Waals surface area (Å²) >= 11 is 3.17. The highest BCUT2D eigenvalue weighted by Gasteiger charge is 2.07. The number of hydrogen-bond donors (Lipinski definition) is 0. The molecule has 0 bridgehead atoms. The molecule has 13 heavy (non-hydrogen) atoms. The molecule has 0 aliphatic rings. The molecule has 0 aliphatic carbocycles. The van der Waals surface area contributed by atoms with Crippen LogP contribution in [0.2, 0.25) is 0 Å². The third-order valence-corrected chi connectivity index (χ3v) is 3.49. The maximum absolute atomic E-state index is 4.36. The lowest BCUT2D eigenvalue weighted by Crippen LogP contribution is -1.71. The van der Waals surface area contributed by atoms with Crippen molar-refractivity contribution in [2.24, 2.45) is 0 Å².